The minimum Gasteiger partial charge on any atom is -0.459 e. The maximum atomic E-state index is 12.7. The van der Waals surface area contributed by atoms with Crippen LogP contribution in [0.5, 0.6) is 0 Å². The molecule has 0 saturated heterocycles. The number of ether oxygens (including phenoxy) is 1. The van der Waals surface area contributed by atoms with Gasteiger partial charge in [-0.2, -0.15) is 0 Å². The van der Waals surface area contributed by atoms with Gasteiger partial charge in [0.05, 0.1) is 5.56 Å². The first-order valence-electron chi connectivity index (χ1n) is 15.6. The van der Waals surface area contributed by atoms with Crippen LogP contribution in [0.15, 0.2) is 42.0 Å². The quantitative estimate of drug-likeness (QED) is 0.273. The van der Waals surface area contributed by atoms with Crippen LogP contribution in [0.1, 0.15) is 116 Å². The molecule has 0 aliphatic heterocycles. The summed E-state index contributed by atoms with van der Waals surface area (Å²) in [5.74, 6) is 5.42. The molecule has 0 bridgehead atoms. The monoisotopic (exact) mass is 504 g/mol. The van der Waals surface area contributed by atoms with Gasteiger partial charge in [0.25, 0.3) is 0 Å². The second kappa shape index (κ2) is 10.5. The largest absolute Gasteiger partial charge is 0.459 e. The molecule has 3 saturated carbocycles. The molecule has 1 aromatic rings. The second-order valence-electron chi connectivity index (χ2n) is 14.4. The highest BCUT2D eigenvalue weighted by Crippen LogP contribution is 2.66. The zero-order valence-corrected chi connectivity index (χ0v) is 24.5. The number of rotatable bonds is 7. The van der Waals surface area contributed by atoms with Crippen LogP contribution in [-0.2, 0) is 4.74 Å². The number of benzene rings is 1. The lowest BCUT2D eigenvalue weighted by Gasteiger charge is -2.60. The maximum absolute atomic E-state index is 12.7. The van der Waals surface area contributed by atoms with Gasteiger partial charge in [0.2, 0.25) is 0 Å². The molecule has 0 amide bonds. The van der Waals surface area contributed by atoms with E-state index in [4.69, 9.17) is 4.74 Å². The van der Waals surface area contributed by atoms with E-state index in [1.165, 1.54) is 51.4 Å². The molecule has 0 N–H and O–H groups in total. The summed E-state index contributed by atoms with van der Waals surface area (Å²) in [5.41, 5.74) is 3.36. The molecule has 4 aliphatic carbocycles. The average molecular weight is 505 g/mol. The summed E-state index contributed by atoms with van der Waals surface area (Å²) in [4.78, 5) is 12.7. The van der Waals surface area contributed by atoms with Crippen LogP contribution in [-0.4, -0.2) is 12.1 Å². The molecular weight excluding hydrogens is 452 g/mol. The van der Waals surface area contributed by atoms with Gasteiger partial charge in [-0.25, -0.2) is 4.79 Å². The molecule has 0 spiro atoms. The Hall–Kier alpha value is -1.57. The van der Waals surface area contributed by atoms with Crippen LogP contribution >= 0.6 is 0 Å². The van der Waals surface area contributed by atoms with Crippen molar-refractivity contribution in [2.75, 3.05) is 0 Å². The zero-order chi connectivity index (χ0) is 26.4. The fraction of sp³-hybridized carbons (Fsp3) is 0.743. The molecule has 1 aromatic carbocycles. The Kier molecular flexibility index (Phi) is 7.69. The molecular formula is C35H52O2. The van der Waals surface area contributed by atoms with Gasteiger partial charge in [-0.05, 0) is 116 Å². The summed E-state index contributed by atoms with van der Waals surface area (Å²) < 4.78 is 6.04. The third-order valence-electron chi connectivity index (χ3n) is 12.3. The van der Waals surface area contributed by atoms with E-state index in [0.717, 1.165) is 48.3 Å². The molecule has 9 atom stereocenters. The van der Waals surface area contributed by atoms with E-state index in [1.807, 2.05) is 35.9 Å². The fourth-order valence-corrected chi connectivity index (χ4v) is 9.40. The Balaban J connectivity index is 1.23. The van der Waals surface area contributed by atoms with Gasteiger partial charge in [-0.3, -0.25) is 0 Å². The van der Waals surface area contributed by atoms with Gasteiger partial charge < -0.3 is 4.74 Å². The topological polar surface area (TPSA) is 26.3 Å². The Morgan fingerprint density at radius 3 is 2.46 bits per heavy atom. The zero-order valence-electron chi connectivity index (χ0n) is 24.5. The van der Waals surface area contributed by atoms with Crippen molar-refractivity contribution in [2.24, 2.45) is 52.3 Å². The molecule has 5 rings (SSSR count). The van der Waals surface area contributed by atoms with Crippen molar-refractivity contribution in [1.29, 1.82) is 0 Å². The molecule has 204 valence electrons. The third kappa shape index (κ3) is 4.96. The van der Waals surface area contributed by atoms with Crippen molar-refractivity contribution in [3.63, 3.8) is 0 Å². The second-order valence-corrected chi connectivity index (χ2v) is 14.4. The van der Waals surface area contributed by atoms with Gasteiger partial charge >= 0.3 is 5.97 Å². The lowest BCUT2D eigenvalue weighted by molar-refractivity contribution is -0.0900. The molecule has 0 heterocycles. The Labute approximate surface area is 227 Å². The normalized spacial score (nSPS) is 38.7. The standard InChI is InChI=1S/C35H52O2/c1-23(2)24(3)12-13-25(4)30-16-17-31-29-15-14-27-22-28(37-33(36)26-10-8-7-9-11-26)18-20-34(27,5)32(29)19-21-35(30,31)6/h7-11,17,23-25,27-30,32H,12-16,18-22H2,1-6H3/t24-,25+,27-,28-,29-,30+,32-,34-,35+/m0/s1. The summed E-state index contributed by atoms with van der Waals surface area (Å²) in [7, 11) is 0. The molecule has 2 heteroatoms. The highest BCUT2D eigenvalue weighted by atomic mass is 16.5. The van der Waals surface area contributed by atoms with Crippen molar-refractivity contribution >= 4 is 5.97 Å². The van der Waals surface area contributed by atoms with Gasteiger partial charge in [-0.15, -0.1) is 0 Å². The van der Waals surface area contributed by atoms with E-state index in [1.54, 1.807) is 0 Å². The van der Waals surface area contributed by atoms with Gasteiger partial charge in [0.15, 0.2) is 0 Å². The Morgan fingerprint density at radius 1 is 0.973 bits per heavy atom. The van der Waals surface area contributed by atoms with Crippen molar-refractivity contribution in [3.05, 3.63) is 47.5 Å². The predicted molar refractivity (Wildman–Crippen MR) is 153 cm³/mol. The summed E-state index contributed by atoms with van der Waals surface area (Å²) in [6.45, 7) is 15.0. The van der Waals surface area contributed by atoms with Crippen LogP contribution in [0, 0.1) is 52.3 Å². The highest BCUT2D eigenvalue weighted by molar-refractivity contribution is 5.89. The lowest BCUT2D eigenvalue weighted by atomic mass is 9.45. The van der Waals surface area contributed by atoms with E-state index >= 15 is 0 Å². The summed E-state index contributed by atoms with van der Waals surface area (Å²) in [6.07, 6.45) is 15.6. The molecule has 37 heavy (non-hydrogen) atoms. The first kappa shape index (κ1) is 27.0. The van der Waals surface area contributed by atoms with Crippen LogP contribution in [0.2, 0.25) is 0 Å². The number of carbonyl (C=O) groups is 1. The number of fused-ring (bicyclic) bond motifs is 5. The highest BCUT2D eigenvalue weighted by Gasteiger charge is 2.58. The number of hydrogen-bond donors (Lipinski definition) is 0. The molecule has 0 radical (unpaired) electrons. The molecule has 4 aliphatic rings. The summed E-state index contributed by atoms with van der Waals surface area (Å²) >= 11 is 0. The smallest absolute Gasteiger partial charge is 0.338 e. The SMILES string of the molecule is CC(C)[C@@H](C)CC[C@@H](C)[C@H]1CC=C2[C@@H]3CC[C@H]4C[C@@H](OC(=O)c5ccccc5)CC[C@]4(C)[C@H]3CC[C@@]21C. The van der Waals surface area contributed by atoms with Crippen LogP contribution in [0.25, 0.3) is 0 Å². The van der Waals surface area contributed by atoms with Gasteiger partial charge in [0.1, 0.15) is 6.10 Å². The predicted octanol–water partition coefficient (Wildman–Crippen LogP) is 9.50. The minimum atomic E-state index is -0.143. The summed E-state index contributed by atoms with van der Waals surface area (Å²) in [5, 5.41) is 0. The average Bonchev–Trinajstić information content (AvgIpc) is 3.25. The van der Waals surface area contributed by atoms with Crippen LogP contribution in [0.4, 0.5) is 0 Å². The minimum absolute atomic E-state index is 0.0837. The van der Waals surface area contributed by atoms with Crippen molar-refractivity contribution < 1.29 is 9.53 Å². The first-order chi connectivity index (χ1) is 17.6. The Bertz CT molecular complexity index is 978. The molecule has 0 unspecified atom stereocenters. The number of hydrogen-bond acceptors (Lipinski definition) is 2. The fourth-order valence-electron chi connectivity index (χ4n) is 9.40. The van der Waals surface area contributed by atoms with E-state index < -0.39 is 0 Å². The summed E-state index contributed by atoms with van der Waals surface area (Å²) in [6, 6.07) is 9.53. The molecule has 3 fully saturated rings. The maximum Gasteiger partial charge on any atom is 0.338 e. The van der Waals surface area contributed by atoms with E-state index in [-0.39, 0.29) is 12.1 Å². The number of allylic oxidation sites excluding steroid dienone is 2. The van der Waals surface area contributed by atoms with Crippen molar-refractivity contribution in [3.8, 4) is 0 Å². The van der Waals surface area contributed by atoms with Gasteiger partial charge in [0, 0.05) is 0 Å². The number of esters is 1. The van der Waals surface area contributed by atoms with E-state index in [9.17, 15) is 4.79 Å². The van der Waals surface area contributed by atoms with E-state index in [2.05, 4.69) is 47.6 Å². The lowest BCUT2D eigenvalue weighted by Crippen LogP contribution is -2.52. The molecule has 2 nitrogen and oxygen atoms in total. The molecule has 0 aromatic heterocycles. The van der Waals surface area contributed by atoms with Crippen molar-refractivity contribution in [1.82, 2.24) is 0 Å². The number of carbonyl (C=O) groups excluding carboxylic acids is 1. The first-order valence-corrected chi connectivity index (χ1v) is 15.6. The van der Waals surface area contributed by atoms with Gasteiger partial charge in [-0.1, -0.05) is 84.2 Å². The third-order valence-corrected chi connectivity index (χ3v) is 12.3. The Morgan fingerprint density at radius 2 is 1.73 bits per heavy atom. The van der Waals surface area contributed by atoms with Crippen LogP contribution < -0.4 is 0 Å². The van der Waals surface area contributed by atoms with Crippen molar-refractivity contribution in [2.45, 2.75) is 112 Å². The van der Waals surface area contributed by atoms with Crippen LogP contribution in [0.3, 0.4) is 0 Å². The van der Waals surface area contributed by atoms with E-state index in [0.29, 0.717) is 22.3 Å².